The zero-order valence-electron chi connectivity index (χ0n) is 15.8. The van der Waals surface area contributed by atoms with Gasteiger partial charge in [-0.3, -0.25) is 4.99 Å². The van der Waals surface area contributed by atoms with E-state index in [4.69, 9.17) is 14.1 Å². The molecule has 8 heteroatoms. The van der Waals surface area contributed by atoms with E-state index in [-0.39, 0.29) is 17.3 Å². The summed E-state index contributed by atoms with van der Waals surface area (Å²) >= 11 is 0. The number of aliphatic imine (C=N–C) groups is 1. The first-order valence-electron chi connectivity index (χ1n) is 8.48. The number of aromatic nitrogens is 2. The summed E-state index contributed by atoms with van der Waals surface area (Å²) in [5.74, 6) is -1.87. The molecule has 0 spiro atoms. The summed E-state index contributed by atoms with van der Waals surface area (Å²) in [6.07, 6.45) is -0.323. The third kappa shape index (κ3) is 3.30. The topological polar surface area (TPSA) is 110 Å². The Kier molecular flexibility index (Phi) is 4.98. The van der Waals surface area contributed by atoms with Gasteiger partial charge in [0, 0.05) is 22.9 Å². The average molecular weight is 370 g/mol. The van der Waals surface area contributed by atoms with Gasteiger partial charge in [-0.15, -0.1) is 0 Å². The van der Waals surface area contributed by atoms with Crippen molar-refractivity contribution in [1.29, 1.82) is 0 Å². The summed E-state index contributed by atoms with van der Waals surface area (Å²) in [6, 6.07) is 5.27. The summed E-state index contributed by atoms with van der Waals surface area (Å²) in [5, 5.41) is 20.4. The third-order valence-electron chi connectivity index (χ3n) is 4.29. The number of esters is 1. The van der Waals surface area contributed by atoms with Gasteiger partial charge in [0.15, 0.2) is 0 Å². The number of fused-ring (bicyclic) bond motifs is 1. The molecule has 142 valence electrons. The van der Waals surface area contributed by atoms with E-state index in [0.717, 1.165) is 0 Å². The number of hydrogen-bond acceptors (Lipinski definition) is 8. The molecule has 1 aliphatic heterocycles. The van der Waals surface area contributed by atoms with Gasteiger partial charge < -0.3 is 14.6 Å². The van der Waals surface area contributed by atoms with Crippen molar-refractivity contribution in [3.63, 3.8) is 0 Å². The highest BCUT2D eigenvalue weighted by molar-refractivity contribution is 6.07. The van der Waals surface area contributed by atoms with Crippen molar-refractivity contribution in [3.05, 3.63) is 46.6 Å². The molecule has 0 radical (unpaired) electrons. The van der Waals surface area contributed by atoms with Crippen LogP contribution in [0, 0.1) is 0 Å². The van der Waals surface area contributed by atoms with E-state index in [1.165, 1.54) is 7.11 Å². The molecule has 0 N–H and O–H groups in total. The fourth-order valence-electron chi connectivity index (χ4n) is 3.22. The lowest BCUT2D eigenvalue weighted by molar-refractivity contribution is -0.354. The standard InChI is InChI=1S/C19H21N3O5/c1-9(2)26-19(24)15-11(4)20-10(3)14(18(23)25-5)16(15)12-7-6-8-13-17(12)22-27-21-13/h6-9,16,23H,1-5H3/p-1/b18-14+/t16-/m0/s1. The second kappa shape index (κ2) is 7.22. The molecule has 0 saturated carbocycles. The summed E-state index contributed by atoms with van der Waals surface area (Å²) < 4.78 is 15.2. The van der Waals surface area contributed by atoms with Gasteiger partial charge in [-0.05, 0) is 56.7 Å². The molecule has 8 nitrogen and oxygen atoms in total. The Morgan fingerprint density at radius 3 is 2.67 bits per heavy atom. The summed E-state index contributed by atoms with van der Waals surface area (Å²) in [4.78, 5) is 17.3. The van der Waals surface area contributed by atoms with Crippen LogP contribution in [0.15, 0.2) is 50.6 Å². The van der Waals surface area contributed by atoms with Crippen molar-refractivity contribution in [2.45, 2.75) is 39.7 Å². The van der Waals surface area contributed by atoms with Crippen LogP contribution in [0.5, 0.6) is 0 Å². The zero-order valence-corrected chi connectivity index (χ0v) is 15.8. The maximum absolute atomic E-state index is 12.9. The SMILES string of the molecule is CO/C([O-])=C1\C(C)=NC(C)=C(C(=O)OC(C)C)[C@H]1c1cccc2nonc12. The molecular weight excluding hydrogens is 350 g/mol. The third-order valence-corrected chi connectivity index (χ3v) is 4.29. The highest BCUT2D eigenvalue weighted by Crippen LogP contribution is 2.41. The molecule has 2 heterocycles. The van der Waals surface area contributed by atoms with Gasteiger partial charge in [-0.25, -0.2) is 9.42 Å². The Balaban J connectivity index is 2.30. The first-order valence-corrected chi connectivity index (χ1v) is 8.48. The lowest BCUT2D eigenvalue weighted by Crippen LogP contribution is -2.29. The van der Waals surface area contributed by atoms with Crippen LogP contribution in [-0.2, 0) is 14.3 Å². The number of nitrogens with zero attached hydrogens (tertiary/aromatic N) is 3. The molecule has 0 saturated heterocycles. The predicted octanol–water partition coefficient (Wildman–Crippen LogP) is 2.22. The normalized spacial score (nSPS) is 19.3. The maximum Gasteiger partial charge on any atom is 0.337 e. The van der Waals surface area contributed by atoms with Gasteiger partial charge in [0.05, 0.1) is 17.6 Å². The highest BCUT2D eigenvalue weighted by atomic mass is 16.6. The predicted molar refractivity (Wildman–Crippen MR) is 95.6 cm³/mol. The lowest BCUT2D eigenvalue weighted by atomic mass is 9.79. The Morgan fingerprint density at radius 1 is 1.26 bits per heavy atom. The van der Waals surface area contributed by atoms with Crippen LogP contribution < -0.4 is 5.11 Å². The average Bonchev–Trinajstić information content (AvgIpc) is 3.08. The molecule has 1 aromatic carbocycles. The van der Waals surface area contributed by atoms with E-state index in [1.807, 2.05) is 0 Å². The largest absolute Gasteiger partial charge is 0.616 e. The van der Waals surface area contributed by atoms with E-state index in [1.54, 1.807) is 45.9 Å². The highest BCUT2D eigenvalue weighted by Gasteiger charge is 2.36. The monoisotopic (exact) mass is 370 g/mol. The van der Waals surface area contributed by atoms with Crippen molar-refractivity contribution in [2.24, 2.45) is 4.99 Å². The van der Waals surface area contributed by atoms with Crippen LogP contribution in [0.4, 0.5) is 0 Å². The Morgan fingerprint density at radius 2 is 2.00 bits per heavy atom. The first-order chi connectivity index (χ1) is 12.8. The van der Waals surface area contributed by atoms with Gasteiger partial charge in [-0.1, -0.05) is 12.1 Å². The Bertz CT molecular complexity index is 984. The van der Waals surface area contributed by atoms with Gasteiger partial charge >= 0.3 is 5.97 Å². The molecule has 3 rings (SSSR count). The number of carbonyl (C=O) groups excluding carboxylic acids is 1. The minimum absolute atomic E-state index is 0.259. The van der Waals surface area contributed by atoms with E-state index < -0.39 is 17.8 Å². The van der Waals surface area contributed by atoms with Crippen LogP contribution in [0.1, 0.15) is 39.2 Å². The van der Waals surface area contributed by atoms with Crippen LogP contribution in [0.3, 0.4) is 0 Å². The number of hydrogen-bond donors (Lipinski definition) is 0. The molecule has 1 aliphatic rings. The number of allylic oxidation sites excluding steroid dienone is 2. The molecule has 0 amide bonds. The smallest absolute Gasteiger partial charge is 0.337 e. The number of ether oxygens (including phenoxy) is 2. The number of benzene rings is 1. The van der Waals surface area contributed by atoms with Crippen LogP contribution in [0.25, 0.3) is 11.0 Å². The molecule has 0 unspecified atom stereocenters. The van der Waals surface area contributed by atoms with Gasteiger partial charge in [-0.2, -0.15) is 0 Å². The fourth-order valence-corrected chi connectivity index (χ4v) is 3.22. The van der Waals surface area contributed by atoms with Gasteiger partial charge in [0.2, 0.25) is 0 Å². The number of rotatable bonds is 4. The van der Waals surface area contributed by atoms with Crippen molar-refractivity contribution >= 4 is 22.7 Å². The fraction of sp³-hybridized carbons (Fsp3) is 0.368. The Labute approximate surface area is 156 Å². The van der Waals surface area contributed by atoms with Crippen LogP contribution in [0.2, 0.25) is 0 Å². The minimum atomic E-state index is -0.753. The quantitative estimate of drug-likeness (QED) is 0.599. The first kappa shape index (κ1) is 18.6. The van der Waals surface area contributed by atoms with E-state index in [2.05, 4.69) is 15.3 Å². The van der Waals surface area contributed by atoms with E-state index >= 15 is 0 Å². The van der Waals surface area contributed by atoms with Gasteiger partial charge in [0.1, 0.15) is 11.0 Å². The number of carbonyl (C=O) groups is 1. The van der Waals surface area contributed by atoms with Crippen molar-refractivity contribution < 1.29 is 24.0 Å². The Hall–Kier alpha value is -3.16. The van der Waals surface area contributed by atoms with Crippen molar-refractivity contribution in [1.82, 2.24) is 10.3 Å². The summed E-state index contributed by atoms with van der Waals surface area (Å²) in [6.45, 7) is 6.93. The van der Waals surface area contributed by atoms with Crippen molar-refractivity contribution in [2.75, 3.05) is 7.11 Å². The second-order valence-electron chi connectivity index (χ2n) is 6.47. The lowest BCUT2D eigenvalue weighted by Gasteiger charge is -2.31. The molecule has 27 heavy (non-hydrogen) atoms. The summed E-state index contributed by atoms with van der Waals surface area (Å²) in [7, 11) is 1.29. The molecule has 0 fully saturated rings. The number of methoxy groups -OCH3 is 1. The summed E-state index contributed by atoms with van der Waals surface area (Å²) in [5.41, 5.74) is 3.05. The van der Waals surface area contributed by atoms with Crippen molar-refractivity contribution in [3.8, 4) is 0 Å². The molecule has 2 aromatic rings. The van der Waals surface area contributed by atoms with Crippen LogP contribution in [-0.4, -0.2) is 35.2 Å². The molecule has 1 atom stereocenters. The van der Waals surface area contributed by atoms with Crippen LogP contribution >= 0.6 is 0 Å². The second-order valence-corrected chi connectivity index (χ2v) is 6.47. The minimum Gasteiger partial charge on any atom is -0.616 e. The van der Waals surface area contributed by atoms with Gasteiger partial charge in [0.25, 0.3) is 0 Å². The molecule has 1 aromatic heterocycles. The van der Waals surface area contributed by atoms with E-state index in [9.17, 15) is 9.90 Å². The molecule has 0 bridgehead atoms. The van der Waals surface area contributed by atoms with E-state index in [0.29, 0.717) is 28.0 Å². The molecular formula is C19H20N3O5-. The molecule has 0 aliphatic carbocycles. The zero-order chi connectivity index (χ0) is 19.7. The maximum atomic E-state index is 12.9.